The summed E-state index contributed by atoms with van der Waals surface area (Å²) in [6, 6.07) is 10.7. The quantitative estimate of drug-likeness (QED) is 0.439. The Morgan fingerprint density at radius 3 is 2.58 bits per heavy atom. The number of nitrogens with one attached hydrogen (secondary N) is 1. The molecule has 2 aliphatic heterocycles. The lowest BCUT2D eigenvalue weighted by Gasteiger charge is -2.36. The van der Waals surface area contributed by atoms with Crippen molar-refractivity contribution < 1.29 is 4.74 Å². The molecular weight excluding hydrogens is 415 g/mol. The summed E-state index contributed by atoms with van der Waals surface area (Å²) in [5, 5.41) is 3.48. The molecule has 0 spiro atoms. The first-order valence-corrected chi connectivity index (χ1v) is 8.68. The largest absolute Gasteiger partial charge is 0.376 e. The number of rotatable bonds is 4. The molecule has 1 atom stereocenters. The van der Waals surface area contributed by atoms with Crippen LogP contribution in [0, 0.1) is 0 Å². The maximum atomic E-state index is 5.67. The van der Waals surface area contributed by atoms with E-state index >= 15 is 0 Å². The van der Waals surface area contributed by atoms with Gasteiger partial charge in [-0.25, -0.2) is 0 Å². The first-order valence-electron chi connectivity index (χ1n) is 8.68. The van der Waals surface area contributed by atoms with Crippen molar-refractivity contribution in [1.82, 2.24) is 15.1 Å². The summed E-state index contributed by atoms with van der Waals surface area (Å²) >= 11 is 0. The van der Waals surface area contributed by atoms with Gasteiger partial charge in [0.1, 0.15) is 0 Å². The molecular formula is C18H29IN4O. The van der Waals surface area contributed by atoms with Crippen LogP contribution < -0.4 is 5.32 Å². The van der Waals surface area contributed by atoms with E-state index < -0.39 is 0 Å². The van der Waals surface area contributed by atoms with E-state index in [4.69, 9.17) is 4.74 Å². The summed E-state index contributed by atoms with van der Waals surface area (Å²) in [5.74, 6) is 1.01. The molecule has 3 rings (SSSR count). The van der Waals surface area contributed by atoms with Crippen molar-refractivity contribution in [3.63, 3.8) is 0 Å². The van der Waals surface area contributed by atoms with Gasteiger partial charge >= 0.3 is 0 Å². The fourth-order valence-corrected chi connectivity index (χ4v) is 3.30. The molecule has 2 fully saturated rings. The molecule has 6 heteroatoms. The van der Waals surface area contributed by atoms with E-state index in [1.54, 1.807) is 0 Å². The number of guanidine groups is 1. The molecule has 2 aliphatic rings. The Bertz CT molecular complexity index is 497. The average molecular weight is 444 g/mol. The molecule has 1 N–H and O–H groups in total. The third-order valence-electron chi connectivity index (χ3n) is 4.64. The van der Waals surface area contributed by atoms with Crippen LogP contribution in [0.4, 0.5) is 0 Å². The zero-order chi connectivity index (χ0) is 15.9. The second kappa shape index (κ2) is 10.2. The van der Waals surface area contributed by atoms with Crippen molar-refractivity contribution in [1.29, 1.82) is 0 Å². The van der Waals surface area contributed by atoms with Gasteiger partial charge < -0.3 is 15.0 Å². The van der Waals surface area contributed by atoms with Gasteiger partial charge in [0.25, 0.3) is 0 Å². The Morgan fingerprint density at radius 1 is 1.21 bits per heavy atom. The summed E-state index contributed by atoms with van der Waals surface area (Å²) in [7, 11) is 1.87. The zero-order valence-electron chi connectivity index (χ0n) is 14.5. The van der Waals surface area contributed by atoms with E-state index in [0.717, 1.165) is 58.3 Å². The lowest BCUT2D eigenvalue weighted by atomic mass is 10.2. The lowest BCUT2D eigenvalue weighted by Crippen LogP contribution is -2.53. The van der Waals surface area contributed by atoms with Gasteiger partial charge in [0.2, 0.25) is 0 Å². The zero-order valence-corrected chi connectivity index (χ0v) is 16.8. The highest BCUT2D eigenvalue weighted by atomic mass is 127. The van der Waals surface area contributed by atoms with Crippen LogP contribution in [0.15, 0.2) is 35.3 Å². The molecule has 0 bridgehead atoms. The molecule has 24 heavy (non-hydrogen) atoms. The number of hydrogen-bond donors (Lipinski definition) is 1. The van der Waals surface area contributed by atoms with E-state index in [2.05, 4.69) is 50.4 Å². The molecule has 0 aliphatic carbocycles. The maximum absolute atomic E-state index is 5.67. The van der Waals surface area contributed by atoms with Crippen LogP contribution in [0.25, 0.3) is 0 Å². The Hall–Kier alpha value is -0.860. The smallest absolute Gasteiger partial charge is 0.193 e. The molecule has 2 saturated heterocycles. The minimum absolute atomic E-state index is 0. The summed E-state index contributed by atoms with van der Waals surface area (Å²) in [5.41, 5.74) is 1.39. The second-order valence-corrected chi connectivity index (χ2v) is 6.31. The van der Waals surface area contributed by atoms with Gasteiger partial charge in [-0.15, -0.1) is 24.0 Å². The van der Waals surface area contributed by atoms with E-state index in [9.17, 15) is 0 Å². The van der Waals surface area contributed by atoms with Gasteiger partial charge in [0.15, 0.2) is 5.96 Å². The van der Waals surface area contributed by atoms with Gasteiger partial charge in [0.05, 0.1) is 6.10 Å². The molecule has 0 saturated carbocycles. The number of nitrogens with zero attached hydrogens (tertiary/aromatic N) is 3. The van der Waals surface area contributed by atoms with Crippen molar-refractivity contribution >= 4 is 29.9 Å². The van der Waals surface area contributed by atoms with Crippen LogP contribution in [-0.2, 0) is 11.3 Å². The van der Waals surface area contributed by atoms with Crippen molar-refractivity contribution in [3.05, 3.63) is 35.9 Å². The molecule has 5 nitrogen and oxygen atoms in total. The molecule has 0 aromatic heterocycles. The number of piperazine rings is 1. The first-order chi connectivity index (χ1) is 11.3. The Kier molecular flexibility index (Phi) is 8.28. The number of hydrogen-bond acceptors (Lipinski definition) is 3. The Balaban J connectivity index is 0.00000208. The van der Waals surface area contributed by atoms with Crippen LogP contribution >= 0.6 is 24.0 Å². The third-order valence-corrected chi connectivity index (χ3v) is 4.64. The van der Waals surface area contributed by atoms with Gasteiger partial charge in [-0.05, 0) is 18.4 Å². The number of ether oxygens (including phenoxy) is 1. The fraction of sp³-hybridized carbons (Fsp3) is 0.611. The molecule has 2 heterocycles. The van der Waals surface area contributed by atoms with Crippen molar-refractivity contribution in [3.8, 4) is 0 Å². The molecule has 0 radical (unpaired) electrons. The van der Waals surface area contributed by atoms with Crippen molar-refractivity contribution in [2.45, 2.75) is 25.5 Å². The second-order valence-electron chi connectivity index (χ2n) is 6.31. The van der Waals surface area contributed by atoms with E-state index in [1.807, 2.05) is 7.05 Å². The fourth-order valence-electron chi connectivity index (χ4n) is 3.30. The van der Waals surface area contributed by atoms with E-state index in [-0.39, 0.29) is 24.0 Å². The monoisotopic (exact) mass is 444 g/mol. The molecule has 1 aromatic rings. The van der Waals surface area contributed by atoms with Crippen molar-refractivity contribution in [2.24, 2.45) is 4.99 Å². The molecule has 1 aromatic carbocycles. The highest BCUT2D eigenvalue weighted by molar-refractivity contribution is 14.0. The van der Waals surface area contributed by atoms with Gasteiger partial charge in [-0.1, -0.05) is 30.3 Å². The van der Waals surface area contributed by atoms with Crippen LogP contribution in [0.5, 0.6) is 0 Å². The predicted octanol–water partition coefficient (Wildman–Crippen LogP) is 2.18. The van der Waals surface area contributed by atoms with Crippen LogP contribution in [0.2, 0.25) is 0 Å². The molecule has 0 amide bonds. The van der Waals surface area contributed by atoms with E-state index in [0.29, 0.717) is 6.10 Å². The molecule has 1 unspecified atom stereocenters. The van der Waals surface area contributed by atoms with E-state index in [1.165, 1.54) is 12.0 Å². The van der Waals surface area contributed by atoms with Crippen LogP contribution in [0.3, 0.4) is 0 Å². The highest BCUT2D eigenvalue weighted by Crippen LogP contribution is 2.11. The topological polar surface area (TPSA) is 40.1 Å². The summed E-state index contributed by atoms with van der Waals surface area (Å²) in [4.78, 5) is 9.31. The first kappa shape index (κ1) is 19.5. The normalized spacial score (nSPS) is 22.3. The number of benzene rings is 1. The standard InChI is InChI=1S/C18H28N4O.HI/c1-19-18(20-14-17-8-5-13-23-17)22-11-9-21(10-12-22)15-16-6-3-2-4-7-16;/h2-4,6-7,17H,5,8-15H2,1H3,(H,19,20);1H. The Morgan fingerprint density at radius 2 is 1.96 bits per heavy atom. The predicted molar refractivity (Wildman–Crippen MR) is 109 cm³/mol. The number of aliphatic imine (C=N–C) groups is 1. The van der Waals surface area contributed by atoms with Crippen molar-refractivity contribution in [2.75, 3.05) is 46.4 Å². The van der Waals surface area contributed by atoms with Gasteiger partial charge in [-0.3, -0.25) is 9.89 Å². The van der Waals surface area contributed by atoms with Crippen LogP contribution in [-0.4, -0.2) is 68.2 Å². The summed E-state index contributed by atoms with van der Waals surface area (Å²) in [6.07, 6.45) is 2.70. The highest BCUT2D eigenvalue weighted by Gasteiger charge is 2.21. The van der Waals surface area contributed by atoms with Gasteiger partial charge in [-0.2, -0.15) is 0 Å². The maximum Gasteiger partial charge on any atom is 0.193 e. The minimum Gasteiger partial charge on any atom is -0.376 e. The summed E-state index contributed by atoms with van der Waals surface area (Å²) in [6.45, 7) is 7.03. The summed E-state index contributed by atoms with van der Waals surface area (Å²) < 4.78 is 5.67. The average Bonchev–Trinajstić information content (AvgIpc) is 3.11. The number of halogens is 1. The Labute approximate surface area is 162 Å². The molecule has 134 valence electrons. The minimum atomic E-state index is 0. The van der Waals surface area contributed by atoms with Gasteiger partial charge in [0, 0.05) is 52.9 Å². The third kappa shape index (κ3) is 5.60. The lowest BCUT2D eigenvalue weighted by molar-refractivity contribution is 0.112. The van der Waals surface area contributed by atoms with Crippen LogP contribution in [0.1, 0.15) is 18.4 Å². The SMILES string of the molecule is CN=C(NCC1CCCO1)N1CCN(Cc2ccccc2)CC1.I.